The van der Waals surface area contributed by atoms with Gasteiger partial charge in [-0.05, 0) is 19.9 Å². The number of ketones is 1. The molecule has 1 amide bonds. The number of nitrogens with one attached hydrogen (secondary N) is 1. The molecule has 1 N–H and O–H groups in total. The lowest BCUT2D eigenvalue weighted by molar-refractivity contribution is -0.138. The van der Waals surface area contributed by atoms with Crippen LogP contribution < -0.4 is 0 Å². The topological polar surface area (TPSA) is 91.8 Å². The minimum Gasteiger partial charge on any atom is -0.450 e. The largest absolute Gasteiger partial charge is 0.450 e. The number of amides is 1. The highest BCUT2D eigenvalue weighted by Gasteiger charge is 2.28. The van der Waals surface area contributed by atoms with Crippen molar-refractivity contribution in [1.29, 1.82) is 0 Å². The number of carbonyl (C=O) groups is 3. The van der Waals surface area contributed by atoms with E-state index in [0.29, 0.717) is 5.56 Å². The van der Waals surface area contributed by atoms with Gasteiger partial charge in [0.15, 0.2) is 6.10 Å². The summed E-state index contributed by atoms with van der Waals surface area (Å²) in [6, 6.07) is 7.48. The van der Waals surface area contributed by atoms with Crippen LogP contribution in [0.5, 0.6) is 0 Å². The van der Waals surface area contributed by atoms with Gasteiger partial charge in [-0.1, -0.05) is 18.2 Å². The number of carbonyl (C=O) groups excluding carboxylic acids is 3. The predicted octanol–water partition coefficient (Wildman–Crippen LogP) is 2.20. The lowest BCUT2D eigenvalue weighted by Gasteiger charge is -2.19. The molecule has 0 saturated heterocycles. The van der Waals surface area contributed by atoms with Gasteiger partial charge in [-0.3, -0.25) is 9.59 Å². The molecule has 1 atom stereocenters. The molecule has 25 heavy (non-hydrogen) atoms. The molecule has 1 aliphatic heterocycles. The van der Waals surface area contributed by atoms with Crippen LogP contribution >= 0.6 is 0 Å². The van der Waals surface area contributed by atoms with Crippen molar-refractivity contribution in [2.45, 2.75) is 32.8 Å². The van der Waals surface area contributed by atoms with Gasteiger partial charge in [0.2, 0.25) is 11.7 Å². The van der Waals surface area contributed by atoms with Gasteiger partial charge in [-0.2, -0.15) is 5.10 Å². The highest BCUT2D eigenvalue weighted by molar-refractivity contribution is 6.37. The summed E-state index contributed by atoms with van der Waals surface area (Å²) in [7, 11) is 1.48. The molecular weight excluding hydrogens is 322 g/mol. The first-order valence-electron chi connectivity index (χ1n) is 8.05. The maximum Gasteiger partial charge on any atom is 0.355 e. The Morgan fingerprint density at radius 3 is 2.72 bits per heavy atom. The van der Waals surface area contributed by atoms with Gasteiger partial charge in [0.05, 0.1) is 0 Å². The number of esters is 1. The number of Topliss-reactive ketones (excluding diaryl/α,β-unsaturated/α-hetero) is 1. The maximum absolute atomic E-state index is 12.8. The van der Waals surface area contributed by atoms with Crippen molar-refractivity contribution in [2.24, 2.45) is 5.10 Å². The number of nitrogens with zero attached hydrogens (tertiary/aromatic N) is 2. The predicted molar refractivity (Wildman–Crippen MR) is 92.4 cm³/mol. The maximum atomic E-state index is 12.8. The average molecular weight is 341 g/mol. The second kappa shape index (κ2) is 6.51. The summed E-state index contributed by atoms with van der Waals surface area (Å²) in [6.07, 6.45) is -0.528. The van der Waals surface area contributed by atoms with E-state index in [1.165, 1.54) is 7.05 Å². The Bertz CT molecular complexity index is 897. The molecule has 0 spiro atoms. The molecule has 0 fully saturated rings. The van der Waals surface area contributed by atoms with E-state index in [-0.39, 0.29) is 30.2 Å². The minimum atomic E-state index is -0.948. The number of hydrogen-bond donors (Lipinski definition) is 1. The Hall–Kier alpha value is -2.96. The first-order chi connectivity index (χ1) is 11.9. The Balaban J connectivity index is 1.79. The van der Waals surface area contributed by atoms with E-state index < -0.39 is 12.1 Å². The van der Waals surface area contributed by atoms with Crippen LogP contribution in [-0.2, 0) is 14.3 Å². The van der Waals surface area contributed by atoms with Crippen LogP contribution in [0, 0.1) is 6.92 Å². The van der Waals surface area contributed by atoms with E-state index in [0.717, 1.165) is 21.6 Å². The van der Waals surface area contributed by atoms with Crippen molar-refractivity contribution < 1.29 is 19.1 Å². The summed E-state index contributed by atoms with van der Waals surface area (Å²) < 4.78 is 5.29. The van der Waals surface area contributed by atoms with Gasteiger partial charge in [0, 0.05) is 42.0 Å². The zero-order chi connectivity index (χ0) is 18.1. The van der Waals surface area contributed by atoms with Gasteiger partial charge < -0.3 is 9.72 Å². The van der Waals surface area contributed by atoms with Gasteiger partial charge in [0.25, 0.3) is 0 Å². The molecule has 7 heteroatoms. The summed E-state index contributed by atoms with van der Waals surface area (Å²) in [4.78, 5) is 39.6. The third-order valence-electron chi connectivity index (χ3n) is 4.24. The molecule has 2 heterocycles. The number of benzene rings is 1. The summed E-state index contributed by atoms with van der Waals surface area (Å²) >= 11 is 0. The number of hydrazone groups is 1. The van der Waals surface area contributed by atoms with E-state index in [1.54, 1.807) is 6.92 Å². The van der Waals surface area contributed by atoms with Crippen LogP contribution in [0.2, 0.25) is 0 Å². The van der Waals surface area contributed by atoms with Crippen molar-refractivity contribution in [3.05, 3.63) is 35.5 Å². The molecule has 130 valence electrons. The summed E-state index contributed by atoms with van der Waals surface area (Å²) in [6.45, 7) is 3.35. The zero-order valence-electron chi connectivity index (χ0n) is 14.3. The third-order valence-corrected chi connectivity index (χ3v) is 4.24. The fraction of sp³-hybridized carbons (Fsp3) is 0.333. The highest BCUT2D eigenvalue weighted by Crippen LogP contribution is 2.24. The first kappa shape index (κ1) is 16.9. The number of para-hydroxylation sites is 1. The summed E-state index contributed by atoms with van der Waals surface area (Å²) in [5, 5.41) is 5.83. The van der Waals surface area contributed by atoms with E-state index in [2.05, 4.69) is 10.1 Å². The van der Waals surface area contributed by atoms with E-state index in [9.17, 15) is 14.4 Å². The van der Waals surface area contributed by atoms with Gasteiger partial charge >= 0.3 is 5.97 Å². The number of aromatic amines is 1. The molecule has 7 nitrogen and oxygen atoms in total. The first-order valence-corrected chi connectivity index (χ1v) is 8.05. The smallest absolute Gasteiger partial charge is 0.355 e. The van der Waals surface area contributed by atoms with E-state index in [1.807, 2.05) is 31.2 Å². The van der Waals surface area contributed by atoms with Crippen LogP contribution in [0.4, 0.5) is 0 Å². The van der Waals surface area contributed by atoms with Gasteiger partial charge in [-0.15, -0.1) is 0 Å². The lowest BCUT2D eigenvalue weighted by Crippen LogP contribution is -2.35. The zero-order valence-corrected chi connectivity index (χ0v) is 14.3. The second-order valence-corrected chi connectivity index (χ2v) is 6.05. The Labute approximate surface area is 144 Å². The number of fused-ring (bicyclic) bond motifs is 1. The number of aromatic nitrogens is 1. The van der Waals surface area contributed by atoms with Gasteiger partial charge in [-0.25, -0.2) is 9.80 Å². The van der Waals surface area contributed by atoms with Crippen molar-refractivity contribution >= 4 is 34.3 Å². The van der Waals surface area contributed by atoms with Crippen LogP contribution in [-0.4, -0.2) is 46.5 Å². The SMILES string of the molecule is Cc1[nH]c2ccccc2c1C(=O)[C@@H](C)OC(=O)C1=NN(C)C(=O)CC1. The molecule has 0 aliphatic carbocycles. The standard InChI is InChI=1S/C18H19N3O4/c1-10-16(12-6-4-5-7-13(12)19-10)17(23)11(2)25-18(24)14-8-9-15(22)21(3)20-14/h4-7,11,19H,8-9H2,1-3H3/t11-/m1/s1. The molecular formula is C18H19N3O4. The summed E-state index contributed by atoms with van der Waals surface area (Å²) in [5.41, 5.74) is 2.26. The monoisotopic (exact) mass is 341 g/mol. The van der Waals surface area contributed by atoms with Crippen molar-refractivity contribution in [2.75, 3.05) is 7.05 Å². The normalized spacial score (nSPS) is 15.9. The fourth-order valence-corrected chi connectivity index (χ4v) is 2.90. The second-order valence-electron chi connectivity index (χ2n) is 6.05. The van der Waals surface area contributed by atoms with Gasteiger partial charge in [0.1, 0.15) is 5.71 Å². The highest BCUT2D eigenvalue weighted by atomic mass is 16.5. The number of aryl methyl sites for hydroxylation is 1. The average Bonchev–Trinajstić information content (AvgIpc) is 2.92. The van der Waals surface area contributed by atoms with E-state index >= 15 is 0 Å². The van der Waals surface area contributed by atoms with Crippen LogP contribution in [0.15, 0.2) is 29.4 Å². The Kier molecular flexibility index (Phi) is 4.39. The minimum absolute atomic E-state index is 0.150. The fourth-order valence-electron chi connectivity index (χ4n) is 2.90. The molecule has 3 rings (SSSR count). The molecule has 1 aliphatic rings. The number of rotatable bonds is 4. The van der Waals surface area contributed by atoms with Crippen LogP contribution in [0.1, 0.15) is 35.8 Å². The summed E-state index contributed by atoms with van der Waals surface area (Å²) in [5.74, 6) is -1.10. The molecule has 0 unspecified atom stereocenters. The molecule has 0 bridgehead atoms. The van der Waals surface area contributed by atoms with Crippen molar-refractivity contribution in [3.8, 4) is 0 Å². The molecule has 1 aromatic carbocycles. The lowest BCUT2D eigenvalue weighted by atomic mass is 10.0. The number of H-pyrrole nitrogens is 1. The quantitative estimate of drug-likeness (QED) is 0.681. The van der Waals surface area contributed by atoms with Crippen molar-refractivity contribution in [3.63, 3.8) is 0 Å². The third kappa shape index (κ3) is 3.17. The van der Waals surface area contributed by atoms with E-state index in [4.69, 9.17) is 4.74 Å². The number of hydrogen-bond acceptors (Lipinski definition) is 5. The van der Waals surface area contributed by atoms with Crippen LogP contribution in [0.3, 0.4) is 0 Å². The molecule has 0 saturated carbocycles. The number of ether oxygens (including phenoxy) is 1. The molecule has 0 radical (unpaired) electrons. The Morgan fingerprint density at radius 2 is 2.00 bits per heavy atom. The molecule has 1 aromatic heterocycles. The van der Waals surface area contributed by atoms with Crippen LogP contribution in [0.25, 0.3) is 10.9 Å². The Morgan fingerprint density at radius 1 is 1.28 bits per heavy atom. The molecule has 2 aromatic rings. The van der Waals surface area contributed by atoms with Crippen molar-refractivity contribution in [1.82, 2.24) is 9.99 Å².